The van der Waals surface area contributed by atoms with Crippen LogP contribution in [0.15, 0.2) is 30.3 Å². The molecule has 8 nitrogen and oxygen atoms in total. The van der Waals surface area contributed by atoms with Crippen LogP contribution in [0.4, 0.5) is 11.5 Å². The van der Waals surface area contributed by atoms with Crippen LogP contribution in [0.3, 0.4) is 0 Å². The molecular formula is C19H23N5O3. The fraction of sp³-hybridized carbons (Fsp3) is 0.421. The summed E-state index contributed by atoms with van der Waals surface area (Å²) in [6.07, 6.45) is 2.52. The zero-order valence-electron chi connectivity index (χ0n) is 15.5. The molecule has 1 saturated heterocycles. The van der Waals surface area contributed by atoms with Gasteiger partial charge in [-0.3, -0.25) is 14.9 Å². The summed E-state index contributed by atoms with van der Waals surface area (Å²) in [5, 5.41) is 13.8. The number of hydrogen-bond donors (Lipinski definition) is 1. The van der Waals surface area contributed by atoms with E-state index < -0.39 is 4.92 Å². The Labute approximate surface area is 157 Å². The largest absolute Gasteiger partial charge is 0.356 e. The highest BCUT2D eigenvalue weighted by Gasteiger charge is 2.21. The minimum absolute atomic E-state index is 0.00390. The number of aryl methyl sites for hydroxylation is 1. The summed E-state index contributed by atoms with van der Waals surface area (Å²) in [6.45, 7) is 5.20. The van der Waals surface area contributed by atoms with Crippen LogP contribution in [0.5, 0.6) is 0 Å². The van der Waals surface area contributed by atoms with Crippen molar-refractivity contribution in [3.8, 4) is 11.4 Å². The molecule has 1 aromatic carbocycles. The Hall–Kier alpha value is -3.03. The molecular weight excluding hydrogens is 346 g/mol. The smallest absolute Gasteiger partial charge is 0.269 e. The molecule has 1 aliphatic rings. The maximum Gasteiger partial charge on any atom is 0.269 e. The number of carbonyl (C=O) groups is 1. The first kappa shape index (κ1) is 18.8. The first-order valence-corrected chi connectivity index (χ1v) is 9.11. The Kier molecular flexibility index (Phi) is 5.63. The Morgan fingerprint density at radius 2 is 1.93 bits per heavy atom. The molecule has 0 aliphatic carbocycles. The highest BCUT2D eigenvalue weighted by Crippen LogP contribution is 2.25. The van der Waals surface area contributed by atoms with E-state index in [9.17, 15) is 14.9 Å². The number of nitrogens with one attached hydrogen (secondary N) is 1. The number of nitro groups is 1. The summed E-state index contributed by atoms with van der Waals surface area (Å²) in [5.74, 6) is 1.43. The maximum absolute atomic E-state index is 11.2. The third kappa shape index (κ3) is 4.58. The third-order valence-corrected chi connectivity index (χ3v) is 4.69. The molecule has 8 heteroatoms. The third-order valence-electron chi connectivity index (χ3n) is 4.69. The number of piperidine rings is 1. The second-order valence-electron chi connectivity index (χ2n) is 6.66. The number of anilines is 1. The zero-order valence-corrected chi connectivity index (χ0v) is 15.5. The molecule has 142 valence electrons. The lowest BCUT2D eigenvalue weighted by Gasteiger charge is -2.33. The van der Waals surface area contributed by atoms with Crippen LogP contribution in [0, 0.1) is 10.1 Å². The average molecular weight is 369 g/mol. The van der Waals surface area contributed by atoms with Crippen LogP contribution in [-0.2, 0) is 11.2 Å². The molecule has 1 amide bonds. The lowest BCUT2D eigenvalue weighted by Crippen LogP contribution is -2.44. The number of nitro benzene ring substituents is 1. The van der Waals surface area contributed by atoms with Crippen molar-refractivity contribution in [3.63, 3.8) is 0 Å². The Morgan fingerprint density at radius 3 is 2.48 bits per heavy atom. The lowest BCUT2D eigenvalue weighted by atomic mass is 10.0. The highest BCUT2D eigenvalue weighted by atomic mass is 16.6. The summed E-state index contributed by atoms with van der Waals surface area (Å²) in [6, 6.07) is 8.50. The first-order chi connectivity index (χ1) is 13.0. The molecule has 1 fully saturated rings. The van der Waals surface area contributed by atoms with Crippen molar-refractivity contribution < 1.29 is 9.72 Å². The Morgan fingerprint density at radius 1 is 1.26 bits per heavy atom. The van der Waals surface area contributed by atoms with Crippen molar-refractivity contribution in [2.75, 3.05) is 18.0 Å². The first-order valence-electron chi connectivity index (χ1n) is 9.11. The fourth-order valence-electron chi connectivity index (χ4n) is 3.23. The van der Waals surface area contributed by atoms with Gasteiger partial charge in [0.15, 0.2) is 5.82 Å². The summed E-state index contributed by atoms with van der Waals surface area (Å²) in [7, 11) is 0. The van der Waals surface area contributed by atoms with Crippen molar-refractivity contribution in [3.05, 3.63) is 46.1 Å². The van der Waals surface area contributed by atoms with E-state index in [1.807, 2.05) is 13.0 Å². The van der Waals surface area contributed by atoms with Gasteiger partial charge in [0.1, 0.15) is 5.82 Å². The van der Waals surface area contributed by atoms with Crippen molar-refractivity contribution in [1.82, 2.24) is 15.3 Å². The molecule has 0 spiro atoms. The molecule has 1 N–H and O–H groups in total. The van der Waals surface area contributed by atoms with Gasteiger partial charge < -0.3 is 10.2 Å². The molecule has 1 aromatic heterocycles. The van der Waals surface area contributed by atoms with E-state index in [-0.39, 0.29) is 17.6 Å². The summed E-state index contributed by atoms with van der Waals surface area (Å²) < 4.78 is 0. The molecule has 0 unspecified atom stereocenters. The molecule has 0 atom stereocenters. The van der Waals surface area contributed by atoms with E-state index in [1.165, 1.54) is 12.1 Å². The van der Waals surface area contributed by atoms with Gasteiger partial charge >= 0.3 is 0 Å². The molecule has 0 bridgehead atoms. The van der Waals surface area contributed by atoms with E-state index in [4.69, 9.17) is 4.98 Å². The Balaban J connectivity index is 1.82. The number of non-ortho nitro benzene ring substituents is 1. The molecule has 2 aromatic rings. The van der Waals surface area contributed by atoms with E-state index in [0.29, 0.717) is 5.82 Å². The van der Waals surface area contributed by atoms with Crippen LogP contribution in [0.2, 0.25) is 0 Å². The van der Waals surface area contributed by atoms with Gasteiger partial charge in [-0.2, -0.15) is 0 Å². The predicted molar refractivity (Wildman–Crippen MR) is 103 cm³/mol. The van der Waals surface area contributed by atoms with Crippen LogP contribution < -0.4 is 10.2 Å². The van der Waals surface area contributed by atoms with Crippen LogP contribution >= 0.6 is 0 Å². The summed E-state index contributed by atoms with van der Waals surface area (Å²) >= 11 is 0. The quantitative estimate of drug-likeness (QED) is 0.642. The Bertz CT molecular complexity index is 830. The van der Waals surface area contributed by atoms with Crippen LogP contribution in [0.25, 0.3) is 11.4 Å². The van der Waals surface area contributed by atoms with Gasteiger partial charge in [-0.25, -0.2) is 9.97 Å². The number of aromatic nitrogens is 2. The summed E-state index contributed by atoms with van der Waals surface area (Å²) in [5.41, 5.74) is 1.73. The predicted octanol–water partition coefficient (Wildman–Crippen LogP) is 2.72. The number of hydrogen-bond acceptors (Lipinski definition) is 6. The van der Waals surface area contributed by atoms with E-state index >= 15 is 0 Å². The highest BCUT2D eigenvalue weighted by molar-refractivity contribution is 5.73. The van der Waals surface area contributed by atoms with Gasteiger partial charge in [-0.05, 0) is 31.4 Å². The number of benzene rings is 1. The topological polar surface area (TPSA) is 101 Å². The SMILES string of the molecule is CCc1cc(N2CCC(NC(C)=O)CC2)nc(-c2ccc([N+](=O)[O-])cc2)n1. The molecule has 0 radical (unpaired) electrons. The van der Waals surface area contributed by atoms with Crippen LogP contribution in [-0.4, -0.2) is 39.9 Å². The van der Waals surface area contributed by atoms with E-state index in [2.05, 4.69) is 15.2 Å². The number of amides is 1. The second kappa shape index (κ2) is 8.11. The maximum atomic E-state index is 11.2. The van der Waals surface area contributed by atoms with E-state index in [1.54, 1.807) is 19.1 Å². The van der Waals surface area contributed by atoms with Gasteiger partial charge in [-0.15, -0.1) is 0 Å². The zero-order chi connectivity index (χ0) is 19.4. The van der Waals surface area contributed by atoms with Crippen LogP contribution in [0.1, 0.15) is 32.4 Å². The van der Waals surface area contributed by atoms with Crippen molar-refractivity contribution >= 4 is 17.4 Å². The minimum atomic E-state index is -0.419. The van der Waals surface area contributed by atoms with Crippen molar-refractivity contribution in [2.24, 2.45) is 0 Å². The van der Waals surface area contributed by atoms with Gasteiger partial charge in [0.05, 0.1) is 4.92 Å². The monoisotopic (exact) mass is 369 g/mol. The van der Waals surface area contributed by atoms with Gasteiger partial charge in [0, 0.05) is 55.5 Å². The van der Waals surface area contributed by atoms with Gasteiger partial charge in [0.25, 0.3) is 5.69 Å². The molecule has 2 heterocycles. The molecule has 27 heavy (non-hydrogen) atoms. The number of nitrogens with zero attached hydrogens (tertiary/aromatic N) is 4. The van der Waals surface area contributed by atoms with Crippen molar-refractivity contribution in [2.45, 2.75) is 39.2 Å². The molecule has 3 rings (SSSR count). The number of rotatable bonds is 5. The van der Waals surface area contributed by atoms with Crippen molar-refractivity contribution in [1.29, 1.82) is 0 Å². The lowest BCUT2D eigenvalue weighted by molar-refractivity contribution is -0.384. The normalized spacial score (nSPS) is 14.8. The van der Waals surface area contributed by atoms with E-state index in [0.717, 1.165) is 49.4 Å². The van der Waals surface area contributed by atoms with Gasteiger partial charge in [0.2, 0.25) is 5.91 Å². The molecule has 1 aliphatic heterocycles. The summed E-state index contributed by atoms with van der Waals surface area (Å²) in [4.78, 5) is 33.1. The average Bonchev–Trinajstić information content (AvgIpc) is 2.67. The standard InChI is InChI=1S/C19H23N5O3/c1-3-15-12-18(23-10-8-16(9-11-23)20-13(2)25)22-19(21-15)14-4-6-17(7-5-14)24(26)27/h4-7,12,16H,3,8-11H2,1-2H3,(H,20,25). The second-order valence-corrected chi connectivity index (χ2v) is 6.66. The van der Waals surface area contributed by atoms with Gasteiger partial charge in [-0.1, -0.05) is 6.92 Å². The number of carbonyl (C=O) groups excluding carboxylic acids is 1. The minimum Gasteiger partial charge on any atom is -0.356 e. The molecule has 0 saturated carbocycles. The fourth-order valence-corrected chi connectivity index (χ4v) is 3.23.